The Labute approximate surface area is 172 Å². The molecule has 2 aromatic heterocycles. The molecule has 0 radical (unpaired) electrons. The first-order valence-electron chi connectivity index (χ1n) is 9.05. The molecule has 140 valence electrons. The molecule has 0 spiro atoms. The number of benzene rings is 1. The molecule has 1 atom stereocenters. The van der Waals surface area contributed by atoms with Gasteiger partial charge in [-0.3, -0.25) is 9.69 Å². The summed E-state index contributed by atoms with van der Waals surface area (Å²) in [7, 11) is 0. The van der Waals surface area contributed by atoms with Gasteiger partial charge in [0.1, 0.15) is 0 Å². The Morgan fingerprint density at radius 3 is 2.93 bits per heavy atom. The van der Waals surface area contributed by atoms with E-state index in [4.69, 9.17) is 11.6 Å². The average molecular weight is 417 g/mol. The molecule has 1 aliphatic rings. The standard InChI is InChI=1S/C21H21ClN2OS2/c22-16-4-1-3-15(13-16)6-9-23-20(25)14-24-10-7-18-17(8-12-27-18)21(24)19-5-2-11-26-19/h1-5,8,11-13,21H,6-7,9-10,14H2,(H,23,25)/t21-/m0/s1. The molecule has 0 saturated heterocycles. The smallest absolute Gasteiger partial charge is 0.234 e. The van der Waals surface area contributed by atoms with E-state index < -0.39 is 0 Å². The summed E-state index contributed by atoms with van der Waals surface area (Å²) in [4.78, 5) is 17.6. The van der Waals surface area contributed by atoms with Crippen LogP contribution in [0.25, 0.3) is 0 Å². The number of carbonyl (C=O) groups is 1. The van der Waals surface area contributed by atoms with E-state index in [2.05, 4.69) is 39.2 Å². The SMILES string of the molecule is O=C(CN1CCc2sccc2[C@H]1c1cccs1)NCCc1cccc(Cl)c1. The fourth-order valence-corrected chi connectivity index (χ4v) is 5.59. The number of fused-ring (bicyclic) bond motifs is 1. The van der Waals surface area contributed by atoms with Crippen LogP contribution in [0, 0.1) is 0 Å². The molecule has 1 aromatic carbocycles. The van der Waals surface area contributed by atoms with Crippen LogP contribution in [-0.4, -0.2) is 30.4 Å². The molecular weight excluding hydrogens is 396 g/mol. The quantitative estimate of drug-likeness (QED) is 0.627. The van der Waals surface area contributed by atoms with Crippen LogP contribution in [0.15, 0.2) is 53.2 Å². The molecule has 3 heterocycles. The Kier molecular flexibility index (Phi) is 5.93. The lowest BCUT2D eigenvalue weighted by molar-refractivity contribution is -0.122. The third-order valence-corrected chi connectivity index (χ3v) is 7.01. The minimum absolute atomic E-state index is 0.0808. The summed E-state index contributed by atoms with van der Waals surface area (Å²) in [5.41, 5.74) is 2.50. The van der Waals surface area contributed by atoms with Crippen molar-refractivity contribution < 1.29 is 4.79 Å². The van der Waals surface area contributed by atoms with Crippen molar-refractivity contribution in [3.63, 3.8) is 0 Å². The van der Waals surface area contributed by atoms with Gasteiger partial charge in [-0.25, -0.2) is 0 Å². The number of rotatable bonds is 6. The molecule has 0 saturated carbocycles. The summed E-state index contributed by atoms with van der Waals surface area (Å²) in [5.74, 6) is 0.0808. The van der Waals surface area contributed by atoms with Crippen molar-refractivity contribution in [3.05, 3.63) is 79.1 Å². The van der Waals surface area contributed by atoms with Crippen molar-refractivity contribution in [2.24, 2.45) is 0 Å². The molecule has 1 N–H and O–H groups in total. The van der Waals surface area contributed by atoms with Crippen LogP contribution in [0.4, 0.5) is 0 Å². The predicted octanol–water partition coefficient (Wildman–Crippen LogP) is 4.77. The van der Waals surface area contributed by atoms with Gasteiger partial charge >= 0.3 is 0 Å². The molecule has 3 aromatic rings. The molecule has 27 heavy (non-hydrogen) atoms. The Hall–Kier alpha value is -1.66. The van der Waals surface area contributed by atoms with Crippen molar-refractivity contribution in [2.75, 3.05) is 19.6 Å². The maximum atomic E-state index is 12.6. The zero-order chi connectivity index (χ0) is 18.6. The lowest BCUT2D eigenvalue weighted by Gasteiger charge is -2.34. The van der Waals surface area contributed by atoms with Gasteiger partial charge in [0.2, 0.25) is 5.91 Å². The molecule has 0 fully saturated rings. The van der Waals surface area contributed by atoms with Crippen LogP contribution in [0.1, 0.15) is 26.9 Å². The third kappa shape index (κ3) is 4.43. The van der Waals surface area contributed by atoms with E-state index >= 15 is 0 Å². The number of halogens is 1. The van der Waals surface area contributed by atoms with Gasteiger partial charge in [0.25, 0.3) is 0 Å². The van der Waals surface area contributed by atoms with Crippen molar-refractivity contribution in [1.29, 1.82) is 0 Å². The zero-order valence-corrected chi connectivity index (χ0v) is 17.2. The Morgan fingerprint density at radius 2 is 2.11 bits per heavy atom. The summed E-state index contributed by atoms with van der Waals surface area (Å²) in [6.07, 6.45) is 1.81. The molecular formula is C21H21ClN2OS2. The minimum atomic E-state index is 0.0808. The second kappa shape index (κ2) is 8.57. The molecule has 1 amide bonds. The number of thiophene rings is 2. The lowest BCUT2D eigenvalue weighted by Crippen LogP contribution is -2.42. The molecule has 3 nitrogen and oxygen atoms in total. The van der Waals surface area contributed by atoms with E-state index in [-0.39, 0.29) is 11.9 Å². The van der Waals surface area contributed by atoms with E-state index in [9.17, 15) is 4.79 Å². The fraction of sp³-hybridized carbons (Fsp3) is 0.286. The first kappa shape index (κ1) is 18.7. The summed E-state index contributed by atoms with van der Waals surface area (Å²) < 4.78 is 0. The second-order valence-electron chi connectivity index (χ2n) is 6.67. The van der Waals surface area contributed by atoms with Gasteiger partial charge in [-0.05, 0) is 59.0 Å². The zero-order valence-electron chi connectivity index (χ0n) is 14.9. The van der Waals surface area contributed by atoms with Crippen LogP contribution in [0.2, 0.25) is 5.02 Å². The Balaban J connectivity index is 1.38. The van der Waals surface area contributed by atoms with Gasteiger partial charge in [0, 0.05) is 27.9 Å². The van der Waals surface area contributed by atoms with Crippen molar-refractivity contribution in [1.82, 2.24) is 10.2 Å². The first-order chi connectivity index (χ1) is 13.2. The van der Waals surface area contributed by atoms with Gasteiger partial charge < -0.3 is 5.32 Å². The highest BCUT2D eigenvalue weighted by Crippen LogP contribution is 2.39. The second-order valence-corrected chi connectivity index (χ2v) is 9.08. The van der Waals surface area contributed by atoms with Crippen molar-refractivity contribution >= 4 is 40.2 Å². The van der Waals surface area contributed by atoms with Crippen molar-refractivity contribution in [2.45, 2.75) is 18.9 Å². The summed E-state index contributed by atoms with van der Waals surface area (Å²) >= 11 is 9.61. The van der Waals surface area contributed by atoms with Crippen LogP contribution in [-0.2, 0) is 17.6 Å². The fourth-order valence-electron chi connectivity index (χ4n) is 3.60. The molecule has 0 bridgehead atoms. The number of hydrogen-bond donors (Lipinski definition) is 1. The summed E-state index contributed by atoms with van der Waals surface area (Å²) in [6.45, 7) is 1.96. The molecule has 1 aliphatic heterocycles. The van der Waals surface area contributed by atoms with Crippen LogP contribution in [0.5, 0.6) is 0 Å². The van der Waals surface area contributed by atoms with E-state index in [0.717, 1.165) is 30.0 Å². The third-order valence-electron chi connectivity index (χ3n) is 4.85. The van der Waals surface area contributed by atoms with E-state index in [0.29, 0.717) is 13.1 Å². The monoisotopic (exact) mass is 416 g/mol. The number of amides is 1. The van der Waals surface area contributed by atoms with Gasteiger partial charge in [-0.2, -0.15) is 0 Å². The highest BCUT2D eigenvalue weighted by Gasteiger charge is 2.31. The van der Waals surface area contributed by atoms with E-state index in [1.54, 1.807) is 11.3 Å². The number of nitrogens with one attached hydrogen (secondary N) is 1. The van der Waals surface area contributed by atoms with E-state index in [1.807, 2.05) is 35.6 Å². The maximum Gasteiger partial charge on any atom is 0.234 e. The van der Waals surface area contributed by atoms with Crippen LogP contribution >= 0.6 is 34.3 Å². The Bertz CT molecular complexity index is 907. The first-order valence-corrected chi connectivity index (χ1v) is 11.2. The Morgan fingerprint density at radius 1 is 1.19 bits per heavy atom. The molecule has 0 aliphatic carbocycles. The molecule has 6 heteroatoms. The highest BCUT2D eigenvalue weighted by molar-refractivity contribution is 7.10. The lowest BCUT2D eigenvalue weighted by atomic mass is 9.98. The summed E-state index contributed by atoms with van der Waals surface area (Å²) in [5, 5.41) is 8.07. The van der Waals surface area contributed by atoms with Gasteiger partial charge in [0.15, 0.2) is 0 Å². The maximum absolute atomic E-state index is 12.6. The molecule has 0 unspecified atom stereocenters. The normalized spacial score (nSPS) is 16.9. The topological polar surface area (TPSA) is 32.3 Å². The van der Waals surface area contributed by atoms with Gasteiger partial charge in [-0.15, -0.1) is 22.7 Å². The number of hydrogen-bond acceptors (Lipinski definition) is 4. The van der Waals surface area contributed by atoms with E-state index in [1.165, 1.54) is 15.3 Å². The largest absolute Gasteiger partial charge is 0.355 e. The number of carbonyl (C=O) groups excluding carboxylic acids is 1. The summed E-state index contributed by atoms with van der Waals surface area (Å²) in [6, 6.07) is 14.5. The predicted molar refractivity (Wildman–Crippen MR) is 114 cm³/mol. The minimum Gasteiger partial charge on any atom is -0.355 e. The van der Waals surface area contributed by atoms with Crippen LogP contribution in [0.3, 0.4) is 0 Å². The number of nitrogens with zero attached hydrogens (tertiary/aromatic N) is 1. The van der Waals surface area contributed by atoms with Crippen LogP contribution < -0.4 is 5.32 Å². The highest BCUT2D eigenvalue weighted by atomic mass is 35.5. The molecule has 4 rings (SSSR count). The average Bonchev–Trinajstić information content (AvgIpc) is 3.33. The van der Waals surface area contributed by atoms with Crippen molar-refractivity contribution in [3.8, 4) is 0 Å². The van der Waals surface area contributed by atoms with Gasteiger partial charge in [-0.1, -0.05) is 29.8 Å². The van der Waals surface area contributed by atoms with Gasteiger partial charge in [0.05, 0.1) is 12.6 Å².